The van der Waals surface area contributed by atoms with Crippen molar-refractivity contribution in [1.82, 2.24) is 14.9 Å². The fourth-order valence-corrected chi connectivity index (χ4v) is 4.10. The van der Waals surface area contributed by atoms with Gasteiger partial charge in [-0.05, 0) is 62.8 Å². The number of aromatic amines is 1. The zero-order valence-electron chi connectivity index (χ0n) is 15.8. The maximum absolute atomic E-state index is 13.9. The standard InChI is InChI=1S/C22H23F2N3O/c1-14-25-20-9-2-6-17(21(20)26-14)22(28)27-12-4-5-15(13-27)10-11-16-18(23)7-3-8-19(16)24/h2-3,6-9,15H,4-5,10-13H2,1H3,(H,25,26)/t15-/m1/s1. The number of carbonyl (C=O) groups excluding carboxylic acids is 1. The molecule has 1 aliphatic heterocycles. The number of para-hydroxylation sites is 1. The summed E-state index contributed by atoms with van der Waals surface area (Å²) in [6, 6.07) is 9.54. The van der Waals surface area contributed by atoms with E-state index in [1.54, 1.807) is 0 Å². The minimum Gasteiger partial charge on any atom is -0.342 e. The topological polar surface area (TPSA) is 49.0 Å². The molecule has 0 radical (unpaired) electrons. The molecular formula is C22H23F2N3O. The van der Waals surface area contributed by atoms with E-state index >= 15 is 0 Å². The summed E-state index contributed by atoms with van der Waals surface area (Å²) in [4.78, 5) is 22.6. The molecule has 0 bridgehead atoms. The molecule has 0 aliphatic carbocycles. The molecule has 0 spiro atoms. The van der Waals surface area contributed by atoms with Gasteiger partial charge < -0.3 is 9.88 Å². The quantitative estimate of drug-likeness (QED) is 0.714. The Balaban J connectivity index is 1.47. The number of aryl methyl sites for hydroxylation is 1. The van der Waals surface area contributed by atoms with Crippen LogP contribution in [0.3, 0.4) is 0 Å². The number of nitrogens with zero attached hydrogens (tertiary/aromatic N) is 2. The third-order valence-electron chi connectivity index (χ3n) is 5.53. The highest BCUT2D eigenvalue weighted by Gasteiger charge is 2.26. The highest BCUT2D eigenvalue weighted by atomic mass is 19.1. The third-order valence-corrected chi connectivity index (χ3v) is 5.53. The van der Waals surface area contributed by atoms with Crippen LogP contribution in [0.25, 0.3) is 11.0 Å². The molecule has 1 fully saturated rings. The number of likely N-dealkylation sites (tertiary alicyclic amines) is 1. The van der Waals surface area contributed by atoms with Crippen molar-refractivity contribution in [1.29, 1.82) is 0 Å². The number of amides is 1. The Bertz CT molecular complexity index is 994. The Hall–Kier alpha value is -2.76. The summed E-state index contributed by atoms with van der Waals surface area (Å²) in [5, 5.41) is 0. The van der Waals surface area contributed by atoms with Gasteiger partial charge in [0.25, 0.3) is 5.91 Å². The van der Waals surface area contributed by atoms with Gasteiger partial charge in [0.05, 0.1) is 11.1 Å². The minimum atomic E-state index is -0.496. The Morgan fingerprint density at radius 2 is 1.96 bits per heavy atom. The molecule has 3 aromatic rings. The fourth-order valence-electron chi connectivity index (χ4n) is 4.10. The molecule has 1 N–H and O–H groups in total. The molecule has 2 aromatic carbocycles. The van der Waals surface area contributed by atoms with Crippen LogP contribution in [-0.2, 0) is 6.42 Å². The summed E-state index contributed by atoms with van der Waals surface area (Å²) in [6.07, 6.45) is 2.87. The Morgan fingerprint density at radius 1 is 1.21 bits per heavy atom. The van der Waals surface area contributed by atoms with Crippen LogP contribution in [-0.4, -0.2) is 33.9 Å². The third kappa shape index (κ3) is 3.63. The van der Waals surface area contributed by atoms with Crippen LogP contribution >= 0.6 is 0 Å². The smallest absolute Gasteiger partial charge is 0.256 e. The zero-order chi connectivity index (χ0) is 19.7. The van der Waals surface area contributed by atoms with Crippen LogP contribution in [0.1, 0.15) is 41.0 Å². The molecule has 28 heavy (non-hydrogen) atoms. The minimum absolute atomic E-state index is 0.0288. The fraction of sp³-hybridized carbons (Fsp3) is 0.364. The summed E-state index contributed by atoms with van der Waals surface area (Å²) >= 11 is 0. The predicted octanol–water partition coefficient (Wildman–Crippen LogP) is 4.63. The van der Waals surface area contributed by atoms with Crippen molar-refractivity contribution in [3.63, 3.8) is 0 Å². The Kier molecular flexibility index (Phi) is 5.11. The zero-order valence-corrected chi connectivity index (χ0v) is 15.8. The lowest BCUT2D eigenvalue weighted by Crippen LogP contribution is -2.40. The van der Waals surface area contributed by atoms with E-state index in [1.165, 1.54) is 18.2 Å². The first-order valence-electron chi connectivity index (χ1n) is 9.70. The van der Waals surface area contributed by atoms with E-state index in [0.29, 0.717) is 37.0 Å². The van der Waals surface area contributed by atoms with E-state index in [-0.39, 0.29) is 17.4 Å². The second kappa shape index (κ2) is 7.70. The van der Waals surface area contributed by atoms with Crippen molar-refractivity contribution in [3.05, 3.63) is 65.0 Å². The van der Waals surface area contributed by atoms with E-state index in [9.17, 15) is 13.6 Å². The Labute approximate surface area is 162 Å². The molecule has 1 aliphatic rings. The van der Waals surface area contributed by atoms with E-state index < -0.39 is 11.6 Å². The first-order chi connectivity index (χ1) is 13.5. The number of hydrogen-bond acceptors (Lipinski definition) is 2. The number of carbonyl (C=O) groups is 1. The molecule has 1 saturated heterocycles. The summed E-state index contributed by atoms with van der Waals surface area (Å²) in [5.41, 5.74) is 2.29. The number of aromatic nitrogens is 2. The van der Waals surface area contributed by atoms with Crippen molar-refractivity contribution in [2.45, 2.75) is 32.6 Å². The van der Waals surface area contributed by atoms with Gasteiger partial charge in [-0.3, -0.25) is 4.79 Å². The predicted molar refractivity (Wildman–Crippen MR) is 104 cm³/mol. The van der Waals surface area contributed by atoms with Crippen LogP contribution in [0, 0.1) is 24.5 Å². The summed E-state index contributed by atoms with van der Waals surface area (Å²) in [6.45, 7) is 3.17. The highest BCUT2D eigenvalue weighted by molar-refractivity contribution is 6.04. The number of fused-ring (bicyclic) bond motifs is 1. The van der Waals surface area contributed by atoms with Gasteiger partial charge in [-0.25, -0.2) is 13.8 Å². The highest BCUT2D eigenvalue weighted by Crippen LogP contribution is 2.26. The average molecular weight is 383 g/mol. The number of imidazole rings is 1. The molecule has 2 heterocycles. The van der Waals surface area contributed by atoms with Crippen molar-refractivity contribution in [2.24, 2.45) is 5.92 Å². The van der Waals surface area contributed by atoms with Gasteiger partial charge in [0.15, 0.2) is 0 Å². The lowest BCUT2D eigenvalue weighted by atomic mass is 9.91. The molecule has 1 atom stereocenters. The number of nitrogens with one attached hydrogen (secondary N) is 1. The summed E-state index contributed by atoms with van der Waals surface area (Å²) in [5.74, 6) is -0.0111. The molecule has 4 rings (SSSR count). The normalized spacial score (nSPS) is 17.2. The molecule has 4 nitrogen and oxygen atoms in total. The maximum atomic E-state index is 13.9. The van der Waals surface area contributed by atoms with Crippen molar-refractivity contribution >= 4 is 16.9 Å². The lowest BCUT2D eigenvalue weighted by molar-refractivity contribution is 0.0670. The number of benzene rings is 2. The largest absolute Gasteiger partial charge is 0.342 e. The number of hydrogen-bond donors (Lipinski definition) is 1. The molecule has 6 heteroatoms. The van der Waals surface area contributed by atoms with Crippen LogP contribution in [0.2, 0.25) is 0 Å². The van der Waals surface area contributed by atoms with Gasteiger partial charge in [-0.1, -0.05) is 12.1 Å². The molecule has 1 aromatic heterocycles. The van der Waals surface area contributed by atoms with Gasteiger partial charge in [-0.15, -0.1) is 0 Å². The van der Waals surface area contributed by atoms with Crippen molar-refractivity contribution < 1.29 is 13.6 Å². The van der Waals surface area contributed by atoms with Crippen LogP contribution in [0.4, 0.5) is 8.78 Å². The average Bonchev–Trinajstić information content (AvgIpc) is 3.07. The number of halogens is 2. The molecule has 0 saturated carbocycles. The van der Waals surface area contributed by atoms with Crippen LogP contribution < -0.4 is 0 Å². The van der Waals surface area contributed by atoms with E-state index in [2.05, 4.69) is 9.97 Å². The van der Waals surface area contributed by atoms with Gasteiger partial charge in [0, 0.05) is 18.7 Å². The Morgan fingerprint density at radius 3 is 2.75 bits per heavy atom. The first kappa shape index (κ1) is 18.6. The van der Waals surface area contributed by atoms with Gasteiger partial charge >= 0.3 is 0 Å². The van der Waals surface area contributed by atoms with Crippen LogP contribution in [0.15, 0.2) is 36.4 Å². The van der Waals surface area contributed by atoms with E-state index in [1.807, 2.05) is 30.0 Å². The maximum Gasteiger partial charge on any atom is 0.256 e. The first-order valence-corrected chi connectivity index (χ1v) is 9.70. The lowest BCUT2D eigenvalue weighted by Gasteiger charge is -2.33. The SMILES string of the molecule is Cc1nc2c(C(=O)N3CCC[C@H](CCc4c(F)cccc4F)C3)cccc2[nH]1. The molecule has 146 valence electrons. The second-order valence-corrected chi connectivity index (χ2v) is 7.52. The monoisotopic (exact) mass is 383 g/mol. The van der Waals surface area contributed by atoms with Crippen molar-refractivity contribution in [3.8, 4) is 0 Å². The summed E-state index contributed by atoms with van der Waals surface area (Å²) < 4.78 is 27.7. The van der Waals surface area contributed by atoms with E-state index in [0.717, 1.165) is 24.2 Å². The van der Waals surface area contributed by atoms with Crippen LogP contribution in [0.5, 0.6) is 0 Å². The molecular weight excluding hydrogens is 360 g/mol. The molecule has 0 unspecified atom stereocenters. The van der Waals surface area contributed by atoms with Gasteiger partial charge in [0.1, 0.15) is 23.0 Å². The van der Waals surface area contributed by atoms with Gasteiger partial charge in [-0.2, -0.15) is 0 Å². The number of piperidine rings is 1. The van der Waals surface area contributed by atoms with Gasteiger partial charge in [0.2, 0.25) is 0 Å². The van der Waals surface area contributed by atoms with Crippen molar-refractivity contribution in [2.75, 3.05) is 13.1 Å². The number of H-pyrrole nitrogens is 1. The molecule has 1 amide bonds. The second-order valence-electron chi connectivity index (χ2n) is 7.52. The van der Waals surface area contributed by atoms with E-state index in [4.69, 9.17) is 0 Å². The summed E-state index contributed by atoms with van der Waals surface area (Å²) in [7, 11) is 0. The number of rotatable bonds is 4.